The van der Waals surface area contributed by atoms with Crippen LogP contribution in [0.5, 0.6) is 0 Å². The van der Waals surface area contributed by atoms with E-state index < -0.39 is 0 Å². The molecule has 0 aliphatic heterocycles. The van der Waals surface area contributed by atoms with Crippen LogP contribution in [0.25, 0.3) is 0 Å². The number of amides is 1. The summed E-state index contributed by atoms with van der Waals surface area (Å²) >= 11 is 0. The Morgan fingerprint density at radius 2 is 1.86 bits per heavy atom. The lowest BCUT2D eigenvalue weighted by Crippen LogP contribution is -2.51. The summed E-state index contributed by atoms with van der Waals surface area (Å²) in [6.07, 6.45) is 6.06. The number of carbonyl (C=O) groups excluding carboxylic acids is 1. The van der Waals surface area contributed by atoms with E-state index in [2.05, 4.69) is 37.1 Å². The first kappa shape index (κ1) is 19.1. The summed E-state index contributed by atoms with van der Waals surface area (Å²) in [6.45, 7) is 0.788. The Morgan fingerprint density at radius 1 is 1.18 bits per heavy atom. The Labute approximate surface area is 167 Å². The molecule has 150 valence electrons. The van der Waals surface area contributed by atoms with Crippen LogP contribution in [-0.4, -0.2) is 45.7 Å². The minimum atomic E-state index is -0.337. The van der Waals surface area contributed by atoms with Gasteiger partial charge < -0.3 is 14.8 Å². The molecule has 1 N–H and O–H groups in total. The molecule has 1 heterocycles. The Morgan fingerprint density at radius 3 is 2.50 bits per heavy atom. The second kappa shape index (κ2) is 7.66. The van der Waals surface area contributed by atoms with Crippen molar-refractivity contribution in [2.24, 2.45) is 7.05 Å². The zero-order valence-corrected chi connectivity index (χ0v) is 17.2. The van der Waals surface area contributed by atoms with Crippen LogP contribution in [0.3, 0.4) is 0 Å². The molecule has 1 amide bonds. The molecule has 0 radical (unpaired) electrons. The molecule has 0 bridgehead atoms. The Hall–Kier alpha value is -2.21. The molecule has 6 nitrogen and oxygen atoms in total. The number of aromatic nitrogens is 3. The maximum absolute atomic E-state index is 13.3. The standard InChI is InChI=1S/C22H31N5O/c1-26(2)15-19-24-25-20(27(19)3)16-13-18(14-16)23-21(28)22(11-7-8-12-22)17-9-5-4-6-10-17/h4-6,9-10,16,18H,7-8,11-15H2,1-3H3,(H,23,28). The van der Waals surface area contributed by atoms with E-state index in [4.69, 9.17) is 0 Å². The van der Waals surface area contributed by atoms with Crippen molar-refractivity contribution in [2.45, 2.75) is 62.4 Å². The second-order valence-corrected chi connectivity index (χ2v) is 8.77. The van der Waals surface area contributed by atoms with E-state index in [1.165, 1.54) is 5.56 Å². The van der Waals surface area contributed by atoms with E-state index in [0.717, 1.165) is 56.7 Å². The zero-order valence-electron chi connectivity index (χ0n) is 17.2. The third-order valence-corrected chi connectivity index (χ3v) is 6.51. The van der Waals surface area contributed by atoms with Gasteiger partial charge in [0.25, 0.3) is 0 Å². The number of nitrogens with one attached hydrogen (secondary N) is 1. The van der Waals surface area contributed by atoms with Gasteiger partial charge in [0, 0.05) is 19.0 Å². The van der Waals surface area contributed by atoms with Gasteiger partial charge in [0.15, 0.2) is 0 Å². The maximum Gasteiger partial charge on any atom is 0.230 e. The molecule has 2 saturated carbocycles. The third-order valence-electron chi connectivity index (χ3n) is 6.51. The van der Waals surface area contributed by atoms with Gasteiger partial charge in [-0.25, -0.2) is 0 Å². The summed E-state index contributed by atoms with van der Waals surface area (Å²) in [7, 11) is 6.12. The van der Waals surface area contributed by atoms with Crippen molar-refractivity contribution < 1.29 is 4.79 Å². The van der Waals surface area contributed by atoms with Crippen molar-refractivity contribution >= 4 is 5.91 Å². The highest BCUT2D eigenvalue weighted by Crippen LogP contribution is 2.43. The van der Waals surface area contributed by atoms with Crippen LogP contribution in [0.1, 0.15) is 61.7 Å². The number of benzene rings is 1. The van der Waals surface area contributed by atoms with Crippen molar-refractivity contribution in [1.82, 2.24) is 25.0 Å². The third kappa shape index (κ3) is 3.46. The predicted molar refractivity (Wildman–Crippen MR) is 109 cm³/mol. The molecule has 2 fully saturated rings. The number of carbonyl (C=O) groups is 1. The van der Waals surface area contributed by atoms with E-state index in [9.17, 15) is 4.79 Å². The quantitative estimate of drug-likeness (QED) is 0.836. The summed E-state index contributed by atoms with van der Waals surface area (Å²) in [5.74, 6) is 2.63. The smallest absolute Gasteiger partial charge is 0.230 e. The van der Waals surface area contributed by atoms with Crippen LogP contribution in [-0.2, 0) is 23.8 Å². The van der Waals surface area contributed by atoms with E-state index >= 15 is 0 Å². The molecule has 2 aliphatic carbocycles. The Bertz CT molecular complexity index is 817. The van der Waals surface area contributed by atoms with E-state index in [1.807, 2.05) is 39.3 Å². The van der Waals surface area contributed by atoms with E-state index in [0.29, 0.717) is 5.92 Å². The molecule has 0 saturated heterocycles. The average Bonchev–Trinajstić information content (AvgIpc) is 3.27. The minimum absolute atomic E-state index is 0.214. The molecule has 4 rings (SSSR count). The van der Waals surface area contributed by atoms with Crippen molar-refractivity contribution in [3.8, 4) is 0 Å². The highest BCUT2D eigenvalue weighted by molar-refractivity contribution is 5.89. The summed E-state index contributed by atoms with van der Waals surface area (Å²) in [4.78, 5) is 15.4. The lowest BCUT2D eigenvalue weighted by molar-refractivity contribution is -0.128. The number of hydrogen-bond donors (Lipinski definition) is 1. The largest absolute Gasteiger partial charge is 0.353 e. The molecule has 6 heteroatoms. The molecule has 2 aliphatic rings. The van der Waals surface area contributed by atoms with Crippen LogP contribution in [0.4, 0.5) is 0 Å². The molecule has 2 aromatic rings. The first-order valence-corrected chi connectivity index (χ1v) is 10.4. The van der Waals surface area contributed by atoms with Crippen LogP contribution >= 0.6 is 0 Å². The highest BCUT2D eigenvalue weighted by Gasteiger charge is 2.45. The monoisotopic (exact) mass is 381 g/mol. The Balaban J connectivity index is 1.39. The number of hydrogen-bond acceptors (Lipinski definition) is 4. The lowest BCUT2D eigenvalue weighted by Gasteiger charge is -2.38. The van der Waals surface area contributed by atoms with Crippen molar-refractivity contribution in [2.75, 3.05) is 14.1 Å². The molecule has 0 atom stereocenters. The van der Waals surface area contributed by atoms with Gasteiger partial charge >= 0.3 is 0 Å². The van der Waals surface area contributed by atoms with Crippen LogP contribution in [0.15, 0.2) is 30.3 Å². The maximum atomic E-state index is 13.3. The molecule has 1 aromatic carbocycles. The van der Waals surface area contributed by atoms with E-state index in [-0.39, 0.29) is 17.4 Å². The molecule has 1 aromatic heterocycles. The predicted octanol–water partition coefficient (Wildman–Crippen LogP) is 2.75. The minimum Gasteiger partial charge on any atom is -0.353 e. The van der Waals surface area contributed by atoms with Gasteiger partial charge in [0.2, 0.25) is 5.91 Å². The number of nitrogens with zero attached hydrogens (tertiary/aromatic N) is 4. The summed E-state index contributed by atoms with van der Waals surface area (Å²) in [5.41, 5.74) is 0.832. The van der Waals surface area contributed by atoms with Gasteiger partial charge in [-0.3, -0.25) is 4.79 Å². The van der Waals surface area contributed by atoms with Gasteiger partial charge in [-0.1, -0.05) is 43.2 Å². The van der Waals surface area contributed by atoms with Gasteiger partial charge in [0.05, 0.1) is 12.0 Å². The highest BCUT2D eigenvalue weighted by atomic mass is 16.2. The molecule has 28 heavy (non-hydrogen) atoms. The molecule has 0 spiro atoms. The van der Waals surface area contributed by atoms with Crippen molar-refractivity contribution in [3.63, 3.8) is 0 Å². The molecular formula is C22H31N5O. The summed E-state index contributed by atoms with van der Waals surface area (Å²) in [6, 6.07) is 10.6. The first-order chi connectivity index (χ1) is 13.5. The first-order valence-electron chi connectivity index (χ1n) is 10.4. The molecule has 0 unspecified atom stereocenters. The van der Waals surface area contributed by atoms with E-state index in [1.54, 1.807) is 0 Å². The van der Waals surface area contributed by atoms with Gasteiger partial charge in [0.1, 0.15) is 11.6 Å². The fourth-order valence-electron chi connectivity index (χ4n) is 4.80. The van der Waals surface area contributed by atoms with Crippen molar-refractivity contribution in [3.05, 3.63) is 47.5 Å². The normalized spacial score (nSPS) is 23.6. The van der Waals surface area contributed by atoms with Gasteiger partial charge in [-0.2, -0.15) is 0 Å². The lowest BCUT2D eigenvalue weighted by atomic mass is 9.75. The fraction of sp³-hybridized carbons (Fsp3) is 0.591. The van der Waals surface area contributed by atoms with Crippen LogP contribution < -0.4 is 5.32 Å². The zero-order chi connectivity index (χ0) is 19.7. The SMILES string of the molecule is CN(C)Cc1nnc(C2CC(NC(=O)C3(c4ccccc4)CCCC3)C2)n1C. The topological polar surface area (TPSA) is 63.1 Å². The van der Waals surface area contributed by atoms with Crippen molar-refractivity contribution in [1.29, 1.82) is 0 Å². The summed E-state index contributed by atoms with van der Waals surface area (Å²) in [5, 5.41) is 12.1. The molecular weight excluding hydrogens is 350 g/mol. The van der Waals surface area contributed by atoms with Crippen LogP contribution in [0.2, 0.25) is 0 Å². The second-order valence-electron chi connectivity index (χ2n) is 8.77. The Kier molecular flexibility index (Phi) is 5.23. The van der Waals surface area contributed by atoms with Crippen LogP contribution in [0, 0.1) is 0 Å². The average molecular weight is 382 g/mol. The summed E-state index contributed by atoms with van der Waals surface area (Å²) < 4.78 is 2.12. The number of rotatable bonds is 6. The van der Waals surface area contributed by atoms with Gasteiger partial charge in [-0.05, 0) is 45.3 Å². The fourth-order valence-corrected chi connectivity index (χ4v) is 4.80. The van der Waals surface area contributed by atoms with Gasteiger partial charge in [-0.15, -0.1) is 10.2 Å².